The summed E-state index contributed by atoms with van der Waals surface area (Å²) in [6.45, 7) is 12.1. The maximum absolute atomic E-state index is 2.45. The molecule has 1 aliphatic rings. The molecule has 0 heteroatoms. The van der Waals surface area contributed by atoms with E-state index in [4.69, 9.17) is 0 Å². The SMILES string of the molecule is CCC1CC(C)C(C)(C)CC1CC. The van der Waals surface area contributed by atoms with Crippen LogP contribution in [0.15, 0.2) is 0 Å². The van der Waals surface area contributed by atoms with Crippen LogP contribution in [-0.4, -0.2) is 0 Å². The Morgan fingerprint density at radius 2 is 1.62 bits per heavy atom. The maximum atomic E-state index is 2.45. The minimum atomic E-state index is 0.590. The predicted octanol–water partition coefficient (Wildman–Crippen LogP) is 4.49. The lowest BCUT2D eigenvalue weighted by Gasteiger charge is -2.45. The molecule has 78 valence electrons. The quantitative estimate of drug-likeness (QED) is 0.590. The van der Waals surface area contributed by atoms with Gasteiger partial charge in [0, 0.05) is 0 Å². The van der Waals surface area contributed by atoms with Gasteiger partial charge >= 0.3 is 0 Å². The maximum Gasteiger partial charge on any atom is -0.0326 e. The first-order chi connectivity index (χ1) is 6.01. The molecule has 0 aromatic heterocycles. The van der Waals surface area contributed by atoms with Gasteiger partial charge in [0.05, 0.1) is 0 Å². The van der Waals surface area contributed by atoms with Crippen LogP contribution in [0.4, 0.5) is 0 Å². The molecule has 0 nitrogen and oxygen atoms in total. The molecule has 0 spiro atoms. The van der Waals surface area contributed by atoms with E-state index in [0.29, 0.717) is 5.41 Å². The van der Waals surface area contributed by atoms with Crippen LogP contribution in [0, 0.1) is 23.2 Å². The number of hydrogen-bond acceptors (Lipinski definition) is 0. The molecular formula is C13H26. The third-order valence-electron chi connectivity index (χ3n) is 4.49. The molecular weight excluding hydrogens is 156 g/mol. The van der Waals surface area contributed by atoms with Crippen molar-refractivity contribution in [3.05, 3.63) is 0 Å². The van der Waals surface area contributed by atoms with E-state index in [0.717, 1.165) is 17.8 Å². The highest BCUT2D eigenvalue weighted by Crippen LogP contribution is 2.47. The molecule has 1 fully saturated rings. The molecule has 1 rings (SSSR count). The largest absolute Gasteiger partial charge is 0.0651 e. The lowest BCUT2D eigenvalue weighted by atomic mass is 9.60. The Morgan fingerprint density at radius 1 is 1.08 bits per heavy atom. The summed E-state index contributed by atoms with van der Waals surface area (Å²) in [5, 5.41) is 0. The summed E-state index contributed by atoms with van der Waals surface area (Å²) < 4.78 is 0. The Morgan fingerprint density at radius 3 is 2.08 bits per heavy atom. The van der Waals surface area contributed by atoms with Crippen molar-refractivity contribution in [3.63, 3.8) is 0 Å². The summed E-state index contributed by atoms with van der Waals surface area (Å²) in [7, 11) is 0. The minimum absolute atomic E-state index is 0.590. The highest BCUT2D eigenvalue weighted by atomic mass is 14.4. The van der Waals surface area contributed by atoms with Crippen molar-refractivity contribution in [2.24, 2.45) is 23.2 Å². The van der Waals surface area contributed by atoms with Gasteiger partial charge < -0.3 is 0 Å². The van der Waals surface area contributed by atoms with Crippen molar-refractivity contribution in [1.29, 1.82) is 0 Å². The predicted molar refractivity (Wildman–Crippen MR) is 59.7 cm³/mol. The van der Waals surface area contributed by atoms with E-state index >= 15 is 0 Å². The Bertz CT molecular complexity index is 157. The van der Waals surface area contributed by atoms with Gasteiger partial charge in [-0.15, -0.1) is 0 Å². The zero-order valence-electron chi connectivity index (χ0n) is 10.1. The van der Waals surface area contributed by atoms with Crippen LogP contribution in [0.1, 0.15) is 60.3 Å². The van der Waals surface area contributed by atoms with Gasteiger partial charge in [-0.25, -0.2) is 0 Å². The zero-order valence-corrected chi connectivity index (χ0v) is 10.1. The summed E-state index contributed by atoms with van der Waals surface area (Å²) in [4.78, 5) is 0. The van der Waals surface area contributed by atoms with E-state index < -0.39 is 0 Å². The van der Waals surface area contributed by atoms with Gasteiger partial charge in [-0.05, 0) is 36.0 Å². The fourth-order valence-electron chi connectivity index (χ4n) is 2.99. The first-order valence-corrected chi connectivity index (χ1v) is 6.01. The monoisotopic (exact) mass is 182 g/mol. The van der Waals surface area contributed by atoms with Crippen LogP contribution in [0.2, 0.25) is 0 Å². The highest BCUT2D eigenvalue weighted by Gasteiger charge is 2.37. The van der Waals surface area contributed by atoms with Crippen molar-refractivity contribution in [3.8, 4) is 0 Å². The zero-order chi connectivity index (χ0) is 10.1. The van der Waals surface area contributed by atoms with Crippen LogP contribution in [0.25, 0.3) is 0 Å². The second kappa shape index (κ2) is 4.02. The molecule has 3 unspecified atom stereocenters. The standard InChI is InChI=1S/C13H26/c1-6-11-8-10(3)13(4,5)9-12(11)7-2/h10-12H,6-9H2,1-5H3. The minimum Gasteiger partial charge on any atom is -0.0651 e. The molecule has 1 aliphatic carbocycles. The van der Waals surface area contributed by atoms with Gasteiger partial charge in [-0.3, -0.25) is 0 Å². The van der Waals surface area contributed by atoms with Gasteiger partial charge in [-0.1, -0.05) is 47.5 Å². The molecule has 0 aliphatic heterocycles. The van der Waals surface area contributed by atoms with Crippen molar-refractivity contribution in [1.82, 2.24) is 0 Å². The summed E-state index contributed by atoms with van der Waals surface area (Å²) in [5.41, 5.74) is 0.590. The summed E-state index contributed by atoms with van der Waals surface area (Å²) in [5.74, 6) is 2.92. The molecule has 0 radical (unpaired) electrons. The molecule has 0 bridgehead atoms. The summed E-state index contributed by atoms with van der Waals surface area (Å²) in [6, 6.07) is 0. The van der Waals surface area contributed by atoms with Crippen LogP contribution in [-0.2, 0) is 0 Å². The van der Waals surface area contributed by atoms with Gasteiger partial charge in [0.1, 0.15) is 0 Å². The topological polar surface area (TPSA) is 0 Å². The van der Waals surface area contributed by atoms with Crippen molar-refractivity contribution < 1.29 is 0 Å². The van der Waals surface area contributed by atoms with Gasteiger partial charge in [0.25, 0.3) is 0 Å². The fourth-order valence-corrected chi connectivity index (χ4v) is 2.99. The Labute approximate surface area is 84.1 Å². The Kier molecular flexibility index (Phi) is 3.43. The second-order valence-corrected chi connectivity index (χ2v) is 5.67. The molecule has 1 saturated carbocycles. The second-order valence-electron chi connectivity index (χ2n) is 5.67. The number of hydrogen-bond donors (Lipinski definition) is 0. The normalized spacial score (nSPS) is 39.0. The van der Waals surface area contributed by atoms with E-state index in [9.17, 15) is 0 Å². The molecule has 0 N–H and O–H groups in total. The van der Waals surface area contributed by atoms with E-state index in [-0.39, 0.29) is 0 Å². The highest BCUT2D eigenvalue weighted by molar-refractivity contribution is 4.88. The molecule has 0 aromatic carbocycles. The Hall–Kier alpha value is 0. The van der Waals surface area contributed by atoms with Crippen molar-refractivity contribution in [2.45, 2.75) is 60.3 Å². The van der Waals surface area contributed by atoms with Crippen LogP contribution in [0.3, 0.4) is 0 Å². The molecule has 0 saturated heterocycles. The molecule has 0 amide bonds. The number of rotatable bonds is 2. The molecule has 3 atom stereocenters. The third kappa shape index (κ3) is 2.27. The van der Waals surface area contributed by atoms with Gasteiger partial charge in [0.2, 0.25) is 0 Å². The van der Waals surface area contributed by atoms with E-state index in [1.54, 1.807) is 0 Å². The summed E-state index contributed by atoms with van der Waals surface area (Å²) in [6.07, 6.45) is 5.68. The van der Waals surface area contributed by atoms with Crippen molar-refractivity contribution >= 4 is 0 Å². The Balaban J connectivity index is 2.66. The van der Waals surface area contributed by atoms with E-state index in [1.165, 1.54) is 25.7 Å². The fraction of sp³-hybridized carbons (Fsp3) is 1.00. The lowest BCUT2D eigenvalue weighted by Crippen LogP contribution is -2.35. The van der Waals surface area contributed by atoms with E-state index in [1.807, 2.05) is 0 Å². The third-order valence-corrected chi connectivity index (χ3v) is 4.49. The molecule has 0 heterocycles. The average molecular weight is 182 g/mol. The van der Waals surface area contributed by atoms with Crippen LogP contribution in [0.5, 0.6) is 0 Å². The summed E-state index contributed by atoms with van der Waals surface area (Å²) >= 11 is 0. The lowest BCUT2D eigenvalue weighted by molar-refractivity contribution is 0.0529. The van der Waals surface area contributed by atoms with Crippen molar-refractivity contribution in [2.75, 3.05) is 0 Å². The molecule has 0 aromatic rings. The van der Waals surface area contributed by atoms with Gasteiger partial charge in [-0.2, -0.15) is 0 Å². The average Bonchev–Trinajstić information content (AvgIpc) is 2.08. The van der Waals surface area contributed by atoms with E-state index in [2.05, 4.69) is 34.6 Å². The first kappa shape index (κ1) is 11.1. The first-order valence-electron chi connectivity index (χ1n) is 6.01. The van der Waals surface area contributed by atoms with Crippen LogP contribution < -0.4 is 0 Å². The van der Waals surface area contributed by atoms with Gasteiger partial charge in [0.15, 0.2) is 0 Å². The smallest absolute Gasteiger partial charge is 0.0326 e. The molecule has 13 heavy (non-hydrogen) atoms. The van der Waals surface area contributed by atoms with Crippen LogP contribution >= 0.6 is 0 Å².